The lowest BCUT2D eigenvalue weighted by Crippen LogP contribution is -2.19. The Morgan fingerprint density at radius 1 is 0.250 bits per heavy atom. The van der Waals surface area contributed by atoms with Crippen molar-refractivity contribution in [2.24, 2.45) is 0 Å². The second-order valence-electron chi connectivity index (χ2n) is 31.0. The zero-order chi connectivity index (χ0) is 85.7. The smallest absolute Gasteiger partial charge is 0.343 e. The minimum absolute atomic E-state index is 0.176. The lowest BCUT2D eigenvalue weighted by molar-refractivity contribution is 0.0491. The van der Waals surface area contributed by atoms with E-state index >= 15 is 0 Å². The maximum absolute atomic E-state index is 13.5. The van der Waals surface area contributed by atoms with Crippen LogP contribution in [0.4, 0.5) is 0 Å². The number of aryl methyl sites for hydroxylation is 8. The third kappa shape index (κ3) is 20.7. The first-order valence-electron chi connectivity index (χ1n) is 39.4. The zero-order valence-corrected chi connectivity index (χ0v) is 69.7. The summed E-state index contributed by atoms with van der Waals surface area (Å²) in [6, 6.07) is 69.8. The molecule has 0 bridgehead atoms. The molecule has 120 heavy (non-hydrogen) atoms. The minimum atomic E-state index is -0.597. The van der Waals surface area contributed by atoms with E-state index in [-0.39, 0.29) is 40.0 Å². The summed E-state index contributed by atoms with van der Waals surface area (Å²) in [5, 5.41) is 0. The van der Waals surface area contributed by atoms with Crippen LogP contribution in [-0.4, -0.2) is 75.2 Å². The Kier molecular flexibility index (Phi) is 26.7. The molecule has 0 N–H and O–H groups in total. The molecule has 0 atom stereocenters. The van der Waals surface area contributed by atoms with Gasteiger partial charge in [-0.2, -0.15) is 0 Å². The van der Waals surface area contributed by atoms with Crippen molar-refractivity contribution in [1.29, 1.82) is 0 Å². The summed E-state index contributed by atoms with van der Waals surface area (Å²) in [6.45, 7) is 24.5. The summed E-state index contributed by atoms with van der Waals surface area (Å²) in [7, 11) is 2.97. The first kappa shape index (κ1) is 85.4. The second kappa shape index (κ2) is 37.5. The third-order valence-electron chi connectivity index (χ3n) is 21.3. The van der Waals surface area contributed by atoms with Gasteiger partial charge in [0.05, 0.1) is 71.9 Å². The number of unbranched alkanes of at least 4 members (excludes halogenated alkanes) is 1. The maximum atomic E-state index is 13.5. The highest BCUT2D eigenvalue weighted by Crippen LogP contribution is 2.38. The molecule has 0 spiro atoms. The van der Waals surface area contributed by atoms with Crippen LogP contribution in [0.15, 0.2) is 243 Å². The Balaban J connectivity index is 0.535. The van der Waals surface area contributed by atoms with Gasteiger partial charge in [0.15, 0.2) is 0 Å². The lowest BCUT2D eigenvalue weighted by atomic mass is 9.78. The van der Waals surface area contributed by atoms with Gasteiger partial charge in [-0.3, -0.25) is 0 Å². The van der Waals surface area contributed by atoms with Gasteiger partial charge in [0.2, 0.25) is 0 Å². The average Bonchev–Trinajstić information content (AvgIpc) is 0.809. The molecule has 0 radical (unpaired) electrons. The van der Waals surface area contributed by atoms with Crippen LogP contribution >= 0.6 is 0 Å². The van der Waals surface area contributed by atoms with E-state index in [2.05, 4.69) is 52.0 Å². The summed E-state index contributed by atoms with van der Waals surface area (Å²) in [5.74, 6) is -0.476. The van der Waals surface area contributed by atoms with E-state index in [0.717, 1.165) is 101 Å². The minimum Gasteiger partial charge on any atom is -0.496 e. The van der Waals surface area contributed by atoms with Crippen molar-refractivity contribution in [3.05, 3.63) is 376 Å². The fraction of sp³-hybridized carbons (Fsp3) is 0.216. The number of ether oxygens (including phenoxy) is 10. The fourth-order valence-electron chi connectivity index (χ4n) is 14.7. The Morgan fingerprint density at radius 2 is 0.467 bits per heavy atom. The number of benzene rings is 12. The standard InChI is InChI=1S/C102H94O18/c1-61-51-69(52-62(2)89(61)111-13)59-71-55-65(5)91(66(6)56-71)119-99(109)79-29-25-77(26-30-79)97(107)118-88-47-39-84(40-48-88)102(11,12)82-35-43-86(44-36-82)116-96(106)76-23-19-74(20-24-76)94(104)114-50-16-15-49-113-90-63(3)53-70(54-64(90)4)60-72-57-67(7)92(68(8)58-72)120-100(110)80-31-27-78(28-32-80)98(108)117-87-45-37-83(38-46-87)101(9,10)81-33-41-85(42-34-81)115-95(105)75-21-17-73(18-22-75)93(103)112-14/h17-48,51-58H,15-16,49-50,59-60H2,1-14H3. The molecule has 18 nitrogen and oxygen atoms in total. The van der Waals surface area contributed by atoms with Gasteiger partial charge in [-0.15, -0.1) is 0 Å². The summed E-state index contributed by atoms with van der Waals surface area (Å²) in [4.78, 5) is 104. The number of methoxy groups -OCH3 is 2. The SMILES string of the molecule is COC(=O)c1ccc(C(=O)Oc2ccc(C(C)(C)c3ccc(OC(=O)c4ccc(C(=O)Oc5c(C)cc(Cc6cc(C)c(OCCCCOC(=O)c7ccc(C(=O)Oc8ccc(C(C)(C)c9ccc(OC(=O)c%10ccc(C(=O)Oc%11c(C)cc(Cc%12cc(C)c(OC)c(C)c%12)cc%11C)cc%10)cc9)cc8)cc7)c(C)c6)cc5C)cc4)cc3)cc2)cc1. The van der Waals surface area contributed by atoms with Crippen molar-refractivity contribution >= 4 is 47.8 Å². The maximum Gasteiger partial charge on any atom is 0.343 e. The van der Waals surface area contributed by atoms with E-state index < -0.39 is 58.6 Å². The van der Waals surface area contributed by atoms with Crippen molar-refractivity contribution in [2.45, 2.75) is 120 Å². The summed E-state index contributed by atoms with van der Waals surface area (Å²) < 4.78 is 56.7. The van der Waals surface area contributed by atoms with Gasteiger partial charge in [-0.25, -0.2) is 38.4 Å². The van der Waals surface area contributed by atoms with Crippen LogP contribution in [0.2, 0.25) is 0 Å². The fourth-order valence-corrected chi connectivity index (χ4v) is 14.7. The predicted octanol–water partition coefficient (Wildman–Crippen LogP) is 21.1. The van der Waals surface area contributed by atoms with Gasteiger partial charge in [0, 0.05) is 10.8 Å². The quantitative estimate of drug-likeness (QED) is 0.0241. The van der Waals surface area contributed by atoms with Crippen LogP contribution < -0.4 is 37.9 Å². The highest BCUT2D eigenvalue weighted by Gasteiger charge is 2.28. The van der Waals surface area contributed by atoms with E-state index in [9.17, 15) is 38.4 Å². The molecule has 0 saturated carbocycles. The van der Waals surface area contributed by atoms with Crippen LogP contribution in [0, 0.1) is 55.4 Å². The van der Waals surface area contributed by atoms with Crippen molar-refractivity contribution < 1.29 is 85.7 Å². The largest absolute Gasteiger partial charge is 0.496 e. The number of carbonyl (C=O) groups excluding carboxylic acids is 8. The van der Waals surface area contributed by atoms with Crippen molar-refractivity contribution in [3.8, 4) is 46.0 Å². The van der Waals surface area contributed by atoms with E-state index in [1.54, 1.807) is 67.8 Å². The zero-order valence-electron chi connectivity index (χ0n) is 69.7. The van der Waals surface area contributed by atoms with Crippen molar-refractivity contribution in [2.75, 3.05) is 27.4 Å². The summed E-state index contributed by atoms with van der Waals surface area (Å²) in [6.07, 6.45) is 2.54. The topological polar surface area (TPSA) is 229 Å². The monoisotopic (exact) mass is 1610 g/mol. The normalized spacial score (nSPS) is 11.2. The molecule has 0 aliphatic heterocycles. The Morgan fingerprint density at radius 3 is 0.717 bits per heavy atom. The van der Waals surface area contributed by atoms with Gasteiger partial charge in [0.25, 0.3) is 0 Å². The van der Waals surface area contributed by atoms with Crippen LogP contribution in [0.1, 0.15) is 212 Å². The first-order chi connectivity index (χ1) is 57.4. The number of esters is 8. The van der Waals surface area contributed by atoms with Gasteiger partial charge in [0.1, 0.15) is 46.0 Å². The molecular formula is C102H94O18. The van der Waals surface area contributed by atoms with Gasteiger partial charge >= 0.3 is 47.8 Å². The van der Waals surface area contributed by atoms with Gasteiger partial charge < -0.3 is 47.4 Å². The van der Waals surface area contributed by atoms with Gasteiger partial charge in [-0.1, -0.05) is 125 Å². The molecule has 0 aromatic heterocycles. The molecule has 18 heteroatoms. The third-order valence-corrected chi connectivity index (χ3v) is 21.3. The van der Waals surface area contributed by atoms with Crippen LogP contribution in [-0.2, 0) is 33.1 Å². The van der Waals surface area contributed by atoms with Gasteiger partial charge in [-0.05, 0) is 316 Å². The Labute approximate surface area is 698 Å². The number of hydrogen-bond donors (Lipinski definition) is 0. The predicted molar refractivity (Wildman–Crippen MR) is 458 cm³/mol. The Hall–Kier alpha value is -14.0. The molecule has 12 rings (SSSR count). The number of rotatable bonds is 29. The molecule has 0 unspecified atom stereocenters. The molecule has 0 amide bonds. The average molecular weight is 1610 g/mol. The highest BCUT2D eigenvalue weighted by atomic mass is 16.6. The highest BCUT2D eigenvalue weighted by molar-refractivity contribution is 5.98. The molecule has 0 saturated heterocycles. The van der Waals surface area contributed by atoms with E-state index in [4.69, 9.17) is 47.4 Å². The second-order valence-corrected chi connectivity index (χ2v) is 31.0. The first-order valence-corrected chi connectivity index (χ1v) is 39.4. The van der Waals surface area contributed by atoms with E-state index in [0.29, 0.717) is 77.9 Å². The van der Waals surface area contributed by atoms with Crippen LogP contribution in [0.25, 0.3) is 0 Å². The molecule has 0 heterocycles. The molecule has 12 aromatic rings. The van der Waals surface area contributed by atoms with E-state index in [1.165, 1.54) is 92.0 Å². The molecule has 12 aromatic carbocycles. The van der Waals surface area contributed by atoms with Crippen molar-refractivity contribution in [3.63, 3.8) is 0 Å². The van der Waals surface area contributed by atoms with Crippen molar-refractivity contribution in [1.82, 2.24) is 0 Å². The van der Waals surface area contributed by atoms with E-state index in [1.807, 2.05) is 128 Å². The molecule has 0 aliphatic rings. The van der Waals surface area contributed by atoms with Crippen LogP contribution in [0.5, 0.6) is 46.0 Å². The molecule has 0 fully saturated rings. The van der Waals surface area contributed by atoms with Crippen LogP contribution in [0.3, 0.4) is 0 Å². The molecule has 610 valence electrons. The number of carbonyl (C=O) groups is 8. The summed E-state index contributed by atoms with van der Waals surface area (Å²) in [5.41, 5.74) is 16.8. The summed E-state index contributed by atoms with van der Waals surface area (Å²) >= 11 is 0. The molecular weight excluding hydrogens is 1510 g/mol. The lowest BCUT2D eigenvalue weighted by Gasteiger charge is -2.26. The molecule has 0 aliphatic carbocycles. The Bertz CT molecular complexity index is 5730. The number of hydrogen-bond acceptors (Lipinski definition) is 18.